The quantitative estimate of drug-likeness (QED) is 0.733. The topological polar surface area (TPSA) is 35.9 Å². The van der Waals surface area contributed by atoms with Crippen LogP contribution in [0.15, 0.2) is 29.4 Å². The summed E-state index contributed by atoms with van der Waals surface area (Å²) in [6.45, 7) is 3.29. The van der Waals surface area contributed by atoms with Gasteiger partial charge in [0.2, 0.25) is 0 Å². The Morgan fingerprint density at radius 3 is 2.47 bits per heavy atom. The number of rotatable bonds is 2. The van der Waals surface area contributed by atoms with Crippen molar-refractivity contribution in [3.05, 3.63) is 29.2 Å². The van der Waals surface area contributed by atoms with E-state index in [1.165, 1.54) is 18.5 Å². The van der Waals surface area contributed by atoms with Crippen LogP contribution in [0.3, 0.4) is 0 Å². The fourth-order valence-corrected chi connectivity index (χ4v) is 2.69. The van der Waals surface area contributed by atoms with Gasteiger partial charge in [-0.25, -0.2) is 0 Å². The number of piperazine rings is 1. The molecule has 4 nitrogen and oxygen atoms in total. The molecule has 1 saturated heterocycles. The van der Waals surface area contributed by atoms with Crippen LogP contribution in [0.4, 0.5) is 11.4 Å². The lowest BCUT2D eigenvalue weighted by Gasteiger charge is -2.41. The summed E-state index contributed by atoms with van der Waals surface area (Å²) in [5, 5.41) is 2.93. The van der Waals surface area contributed by atoms with E-state index in [1.54, 1.807) is 12.1 Å². The van der Waals surface area contributed by atoms with E-state index < -0.39 is 0 Å². The lowest BCUT2D eigenvalue weighted by molar-refractivity contribution is 0.199. The zero-order valence-electron chi connectivity index (χ0n) is 10.1. The number of nitroso groups, excluding NO2 is 1. The van der Waals surface area contributed by atoms with Crippen LogP contribution >= 0.6 is 0 Å². The fraction of sp³-hybridized carbons (Fsp3) is 0.538. The molecule has 3 rings (SSSR count). The number of benzene rings is 1. The Hall–Kier alpha value is -1.42. The minimum absolute atomic E-state index is 0.430. The molecule has 90 valence electrons. The van der Waals surface area contributed by atoms with Gasteiger partial charge >= 0.3 is 0 Å². The largest absolute Gasteiger partial charge is 0.368 e. The second-order valence-corrected chi connectivity index (χ2v) is 5.18. The highest BCUT2D eigenvalue weighted by Gasteiger charge is 2.49. The summed E-state index contributed by atoms with van der Waals surface area (Å²) in [7, 11) is 2.23. The maximum atomic E-state index is 10.4. The van der Waals surface area contributed by atoms with Gasteiger partial charge in [0.25, 0.3) is 0 Å². The highest BCUT2D eigenvalue weighted by atomic mass is 16.3. The van der Waals surface area contributed by atoms with Crippen molar-refractivity contribution < 1.29 is 0 Å². The lowest BCUT2D eigenvalue weighted by atomic mass is 10.1. The van der Waals surface area contributed by atoms with Gasteiger partial charge in [-0.2, -0.15) is 0 Å². The summed E-state index contributed by atoms with van der Waals surface area (Å²) in [5.41, 5.74) is 2.14. The maximum Gasteiger partial charge on any atom is 0.108 e. The summed E-state index contributed by atoms with van der Waals surface area (Å²) in [6.07, 6.45) is 2.63. The van der Waals surface area contributed by atoms with E-state index in [-0.39, 0.29) is 0 Å². The van der Waals surface area contributed by atoms with Gasteiger partial charge in [-0.1, -0.05) is 0 Å². The molecule has 0 radical (unpaired) electrons. The van der Waals surface area contributed by atoms with Crippen molar-refractivity contribution >= 4 is 11.4 Å². The summed E-state index contributed by atoms with van der Waals surface area (Å²) in [6, 6.07) is 7.58. The van der Waals surface area contributed by atoms with Crippen molar-refractivity contribution in [2.24, 2.45) is 5.18 Å². The van der Waals surface area contributed by atoms with Gasteiger partial charge in [-0.05, 0) is 49.3 Å². The minimum Gasteiger partial charge on any atom is -0.368 e. The molecule has 0 amide bonds. The molecule has 2 aliphatic rings. The van der Waals surface area contributed by atoms with E-state index in [1.807, 2.05) is 12.1 Å². The molecule has 1 aromatic carbocycles. The number of likely N-dealkylation sites (N-methyl/N-ethyl adjacent to an activating group) is 1. The van der Waals surface area contributed by atoms with E-state index in [0.29, 0.717) is 11.2 Å². The highest BCUT2D eigenvalue weighted by molar-refractivity contribution is 5.53. The number of anilines is 1. The molecule has 4 heteroatoms. The first-order chi connectivity index (χ1) is 8.23. The molecular weight excluding hydrogens is 214 g/mol. The Kier molecular flexibility index (Phi) is 2.40. The smallest absolute Gasteiger partial charge is 0.108 e. The van der Waals surface area contributed by atoms with Crippen LogP contribution in [0.25, 0.3) is 0 Å². The average Bonchev–Trinajstić information content (AvgIpc) is 3.14. The molecule has 0 bridgehead atoms. The van der Waals surface area contributed by atoms with Crippen LogP contribution in [-0.4, -0.2) is 37.1 Å². The van der Waals surface area contributed by atoms with Crippen LogP contribution < -0.4 is 4.90 Å². The Balaban J connectivity index is 1.77. The van der Waals surface area contributed by atoms with Gasteiger partial charge in [0.1, 0.15) is 5.69 Å². The van der Waals surface area contributed by atoms with Crippen LogP contribution in [0.5, 0.6) is 0 Å². The van der Waals surface area contributed by atoms with Gasteiger partial charge in [0.05, 0.1) is 0 Å². The molecule has 0 unspecified atom stereocenters. The van der Waals surface area contributed by atoms with Crippen LogP contribution in [-0.2, 0) is 0 Å². The van der Waals surface area contributed by atoms with Crippen LogP contribution in [0.2, 0.25) is 0 Å². The van der Waals surface area contributed by atoms with E-state index in [4.69, 9.17) is 0 Å². The van der Waals surface area contributed by atoms with E-state index >= 15 is 0 Å². The summed E-state index contributed by atoms with van der Waals surface area (Å²) >= 11 is 0. The van der Waals surface area contributed by atoms with Gasteiger partial charge in [-0.3, -0.25) is 4.90 Å². The molecular formula is C13H17N3O. The predicted octanol–water partition coefficient (Wildman–Crippen LogP) is 2.37. The Morgan fingerprint density at radius 1 is 1.18 bits per heavy atom. The third-order valence-corrected chi connectivity index (χ3v) is 4.15. The molecule has 0 atom stereocenters. The minimum atomic E-state index is 0.430. The Morgan fingerprint density at radius 2 is 1.88 bits per heavy atom. The molecule has 1 aliphatic heterocycles. The molecule has 0 N–H and O–H groups in total. The predicted molar refractivity (Wildman–Crippen MR) is 68.7 cm³/mol. The van der Waals surface area contributed by atoms with Crippen molar-refractivity contribution in [3.8, 4) is 0 Å². The molecule has 1 aromatic rings. The monoisotopic (exact) mass is 231 g/mol. The van der Waals surface area contributed by atoms with Crippen molar-refractivity contribution in [2.75, 3.05) is 31.6 Å². The van der Waals surface area contributed by atoms with E-state index in [2.05, 4.69) is 22.0 Å². The maximum absolute atomic E-state index is 10.4. The molecule has 1 spiro atoms. The first kappa shape index (κ1) is 10.7. The van der Waals surface area contributed by atoms with E-state index in [9.17, 15) is 4.91 Å². The second kappa shape index (κ2) is 3.81. The fourth-order valence-electron chi connectivity index (χ4n) is 2.69. The number of nitrogens with zero attached hydrogens (tertiary/aromatic N) is 3. The first-order valence-electron chi connectivity index (χ1n) is 6.13. The van der Waals surface area contributed by atoms with Crippen LogP contribution in [0.1, 0.15) is 12.8 Å². The van der Waals surface area contributed by atoms with Gasteiger partial charge in [-0.15, -0.1) is 4.91 Å². The van der Waals surface area contributed by atoms with Gasteiger partial charge in [0, 0.05) is 30.9 Å². The van der Waals surface area contributed by atoms with Gasteiger partial charge < -0.3 is 4.90 Å². The lowest BCUT2D eigenvalue weighted by Crippen LogP contribution is -2.53. The molecule has 17 heavy (non-hydrogen) atoms. The van der Waals surface area contributed by atoms with Crippen molar-refractivity contribution in [2.45, 2.75) is 18.4 Å². The molecule has 2 fully saturated rings. The zero-order valence-corrected chi connectivity index (χ0v) is 10.1. The van der Waals surface area contributed by atoms with Crippen molar-refractivity contribution in [1.82, 2.24) is 4.90 Å². The van der Waals surface area contributed by atoms with E-state index in [0.717, 1.165) is 19.6 Å². The summed E-state index contributed by atoms with van der Waals surface area (Å²) in [4.78, 5) is 15.3. The standard InChI is InChI=1S/C13H17N3O/c1-15-8-9-16(10-13(15)6-7-13)12-4-2-11(14-17)3-5-12/h2-5H,6-10H2,1H3. The zero-order chi connectivity index (χ0) is 11.9. The molecule has 1 heterocycles. The second-order valence-electron chi connectivity index (χ2n) is 5.18. The van der Waals surface area contributed by atoms with Gasteiger partial charge in [0.15, 0.2) is 0 Å². The normalized spacial score (nSPS) is 22.8. The Labute approximate surface area is 101 Å². The third kappa shape index (κ3) is 1.82. The van der Waals surface area contributed by atoms with Crippen molar-refractivity contribution in [3.63, 3.8) is 0 Å². The Bertz CT molecular complexity index is 425. The molecule has 1 saturated carbocycles. The first-order valence-corrected chi connectivity index (χ1v) is 6.13. The van der Waals surface area contributed by atoms with Crippen molar-refractivity contribution in [1.29, 1.82) is 0 Å². The third-order valence-electron chi connectivity index (χ3n) is 4.15. The SMILES string of the molecule is CN1CCN(c2ccc(N=O)cc2)CC12CC2. The summed E-state index contributed by atoms with van der Waals surface area (Å²) in [5.74, 6) is 0. The molecule has 0 aromatic heterocycles. The highest BCUT2D eigenvalue weighted by Crippen LogP contribution is 2.44. The molecule has 1 aliphatic carbocycles. The average molecular weight is 231 g/mol. The summed E-state index contributed by atoms with van der Waals surface area (Å²) < 4.78 is 0. The number of hydrogen-bond acceptors (Lipinski definition) is 4. The van der Waals surface area contributed by atoms with Crippen LogP contribution in [0, 0.1) is 4.91 Å². The number of hydrogen-bond donors (Lipinski definition) is 0.